The summed E-state index contributed by atoms with van der Waals surface area (Å²) < 4.78 is 24.7. The summed E-state index contributed by atoms with van der Waals surface area (Å²) in [4.78, 5) is 0.0631. The van der Waals surface area contributed by atoms with Crippen molar-refractivity contribution in [2.45, 2.75) is 18.7 Å². The van der Waals surface area contributed by atoms with Crippen molar-refractivity contribution in [2.75, 3.05) is 0 Å². The Balaban J connectivity index is 3.21. The van der Waals surface area contributed by atoms with E-state index in [1.165, 1.54) is 12.1 Å². The molecule has 0 fully saturated rings. The van der Waals surface area contributed by atoms with Crippen molar-refractivity contribution in [1.29, 1.82) is 0 Å². The van der Waals surface area contributed by atoms with Gasteiger partial charge in [0.15, 0.2) is 0 Å². The number of halogens is 2. The summed E-state index contributed by atoms with van der Waals surface area (Å²) in [5.41, 5.74) is 1.76. The molecule has 1 rings (SSSR count). The van der Waals surface area contributed by atoms with Gasteiger partial charge in [0, 0.05) is 0 Å². The summed E-state index contributed by atoms with van der Waals surface area (Å²) in [7, 11) is 0. The van der Waals surface area contributed by atoms with Crippen molar-refractivity contribution in [3.8, 4) is 0 Å². The molecule has 60 valence electrons. The second-order valence-electron chi connectivity index (χ2n) is 2.44. The molecular weight excluding hydrogens is 166 g/mol. The first kappa shape index (κ1) is 8.53. The molecule has 0 saturated heterocycles. The Morgan fingerprint density at radius 2 is 1.73 bits per heavy atom. The molecule has 0 heterocycles. The Morgan fingerprint density at radius 1 is 1.18 bits per heavy atom. The summed E-state index contributed by atoms with van der Waals surface area (Å²) in [5, 5.41) is 0. The molecule has 0 aliphatic rings. The molecule has 0 aromatic heterocycles. The summed E-state index contributed by atoms with van der Waals surface area (Å²) in [6.45, 7) is 3.62. The molecule has 0 radical (unpaired) electrons. The van der Waals surface area contributed by atoms with Gasteiger partial charge in [0.25, 0.3) is 0 Å². The van der Waals surface area contributed by atoms with E-state index in [1.807, 2.05) is 6.92 Å². The first-order valence-corrected chi connectivity index (χ1v) is 3.92. The molecular formula is C8H8F2S. The smallest absolute Gasteiger partial charge is 0.139 e. The van der Waals surface area contributed by atoms with Crippen LogP contribution in [0.5, 0.6) is 0 Å². The maximum absolute atomic E-state index is 12.8. The maximum Gasteiger partial charge on any atom is 0.139 e. The molecule has 0 N–H and O–H groups in total. The van der Waals surface area contributed by atoms with Gasteiger partial charge in [0.05, 0.1) is 17.0 Å². The van der Waals surface area contributed by atoms with Gasteiger partial charge >= 0.3 is 0 Å². The van der Waals surface area contributed by atoms with Crippen LogP contribution in [0.3, 0.4) is 0 Å². The lowest BCUT2D eigenvalue weighted by Crippen LogP contribution is -1.85. The van der Waals surface area contributed by atoms with Crippen LogP contribution in [-0.2, 0) is 0 Å². The zero-order chi connectivity index (χ0) is 8.43. The maximum atomic E-state index is 12.8. The lowest BCUT2D eigenvalue weighted by Gasteiger charge is -2.01. The van der Waals surface area contributed by atoms with Crippen molar-refractivity contribution in [3.63, 3.8) is 0 Å². The van der Waals surface area contributed by atoms with Crippen LogP contribution < -0.4 is 0 Å². The zero-order valence-electron chi connectivity index (χ0n) is 6.32. The van der Waals surface area contributed by atoms with Crippen LogP contribution in [-0.4, -0.2) is 0 Å². The number of rotatable bonds is 1. The quantitative estimate of drug-likeness (QED) is 0.628. The zero-order valence-corrected chi connectivity index (χ0v) is 7.14. The van der Waals surface area contributed by atoms with Crippen LogP contribution in [0.1, 0.15) is 11.1 Å². The molecule has 0 amide bonds. The highest BCUT2D eigenvalue weighted by atomic mass is 32.2. The van der Waals surface area contributed by atoms with Gasteiger partial charge < -0.3 is 0 Å². The summed E-state index contributed by atoms with van der Waals surface area (Å²) in [6, 6.07) is 2.85. The van der Waals surface area contributed by atoms with Crippen LogP contribution in [0.4, 0.5) is 8.28 Å². The fourth-order valence-corrected chi connectivity index (χ4v) is 1.17. The monoisotopic (exact) mass is 174 g/mol. The van der Waals surface area contributed by atoms with Crippen molar-refractivity contribution < 1.29 is 8.28 Å². The van der Waals surface area contributed by atoms with Crippen LogP contribution in [0.15, 0.2) is 17.0 Å². The van der Waals surface area contributed by atoms with Gasteiger partial charge in [-0.1, -0.05) is 0 Å². The van der Waals surface area contributed by atoms with E-state index in [9.17, 15) is 8.28 Å². The molecule has 0 aliphatic heterocycles. The average Bonchev–Trinajstić information content (AvgIpc) is 1.97. The van der Waals surface area contributed by atoms with Gasteiger partial charge in [-0.05, 0) is 37.1 Å². The Hall–Kier alpha value is -0.570. The third kappa shape index (κ3) is 1.71. The highest BCUT2D eigenvalue weighted by Gasteiger charge is 2.04. The van der Waals surface area contributed by atoms with E-state index < -0.39 is 5.82 Å². The lowest BCUT2D eigenvalue weighted by molar-refractivity contribution is 0.598. The van der Waals surface area contributed by atoms with Gasteiger partial charge in [-0.15, -0.1) is 0 Å². The summed E-state index contributed by atoms with van der Waals surface area (Å²) >= 11 is -0.0567. The van der Waals surface area contributed by atoms with E-state index in [2.05, 4.69) is 0 Å². The number of aryl methyl sites for hydroxylation is 2. The fourth-order valence-electron chi connectivity index (χ4n) is 0.814. The topological polar surface area (TPSA) is 0 Å². The lowest BCUT2D eigenvalue weighted by atomic mass is 10.1. The molecule has 0 nitrogen and oxygen atoms in total. The van der Waals surface area contributed by atoms with Crippen LogP contribution in [0, 0.1) is 19.7 Å². The Kier molecular flexibility index (Phi) is 2.49. The van der Waals surface area contributed by atoms with Crippen LogP contribution in [0.2, 0.25) is 0 Å². The standard InChI is InChI=1S/C8H8F2S/c1-5-3-7(9)8(11-10)4-6(5)2/h3-4H,1-2H3. The van der Waals surface area contributed by atoms with E-state index in [1.54, 1.807) is 6.92 Å². The highest BCUT2D eigenvalue weighted by Crippen LogP contribution is 2.25. The Labute approximate surface area is 68.9 Å². The third-order valence-corrected chi connectivity index (χ3v) is 2.11. The Bertz CT molecular complexity index is 271. The molecule has 1 aromatic rings. The minimum atomic E-state index is -0.486. The molecule has 0 aliphatic carbocycles. The van der Waals surface area contributed by atoms with Gasteiger partial charge in [0.2, 0.25) is 0 Å². The van der Waals surface area contributed by atoms with Crippen LogP contribution in [0.25, 0.3) is 0 Å². The normalized spacial score (nSPS) is 10.2. The summed E-state index contributed by atoms with van der Waals surface area (Å²) in [6.07, 6.45) is 0. The molecule has 0 unspecified atom stereocenters. The van der Waals surface area contributed by atoms with Gasteiger partial charge in [-0.25, -0.2) is 4.39 Å². The molecule has 0 saturated carbocycles. The largest absolute Gasteiger partial charge is 0.206 e. The first-order chi connectivity index (χ1) is 5.15. The fraction of sp³-hybridized carbons (Fsp3) is 0.250. The second kappa shape index (κ2) is 3.22. The number of benzene rings is 1. The molecule has 0 spiro atoms. The average molecular weight is 174 g/mol. The number of hydrogen-bond donors (Lipinski definition) is 0. The molecule has 11 heavy (non-hydrogen) atoms. The Morgan fingerprint density at radius 3 is 2.27 bits per heavy atom. The predicted molar refractivity (Wildman–Crippen MR) is 42.8 cm³/mol. The van der Waals surface area contributed by atoms with Gasteiger partial charge in [0.1, 0.15) is 5.82 Å². The number of hydrogen-bond acceptors (Lipinski definition) is 1. The van der Waals surface area contributed by atoms with E-state index in [-0.39, 0.29) is 17.0 Å². The van der Waals surface area contributed by atoms with E-state index >= 15 is 0 Å². The van der Waals surface area contributed by atoms with Crippen molar-refractivity contribution in [3.05, 3.63) is 29.1 Å². The SMILES string of the molecule is Cc1cc(F)c(SF)cc1C. The summed E-state index contributed by atoms with van der Waals surface area (Å²) in [5.74, 6) is -0.486. The van der Waals surface area contributed by atoms with Crippen LogP contribution >= 0.6 is 12.1 Å². The highest BCUT2D eigenvalue weighted by molar-refractivity contribution is 7.94. The van der Waals surface area contributed by atoms with E-state index in [0.717, 1.165) is 11.1 Å². The van der Waals surface area contributed by atoms with Crippen molar-refractivity contribution in [1.82, 2.24) is 0 Å². The molecule has 0 atom stereocenters. The molecule has 3 heteroatoms. The van der Waals surface area contributed by atoms with Crippen molar-refractivity contribution in [2.24, 2.45) is 0 Å². The van der Waals surface area contributed by atoms with Gasteiger partial charge in [-0.2, -0.15) is 3.89 Å². The third-order valence-electron chi connectivity index (χ3n) is 1.63. The molecule has 0 bridgehead atoms. The minimum absolute atomic E-state index is 0.0567. The van der Waals surface area contributed by atoms with Gasteiger partial charge in [-0.3, -0.25) is 0 Å². The van der Waals surface area contributed by atoms with E-state index in [0.29, 0.717) is 0 Å². The predicted octanol–water partition coefficient (Wildman–Crippen LogP) is 3.42. The minimum Gasteiger partial charge on any atom is -0.206 e. The van der Waals surface area contributed by atoms with Crippen molar-refractivity contribution >= 4 is 12.1 Å². The first-order valence-electron chi connectivity index (χ1n) is 3.20. The van der Waals surface area contributed by atoms with E-state index in [4.69, 9.17) is 0 Å². The molecule has 1 aromatic carbocycles. The second-order valence-corrected chi connectivity index (χ2v) is 3.04.